The summed E-state index contributed by atoms with van der Waals surface area (Å²) in [7, 11) is 0. The van der Waals surface area contributed by atoms with Gasteiger partial charge in [0.15, 0.2) is 0 Å². The Morgan fingerprint density at radius 1 is 1.12 bits per heavy atom. The summed E-state index contributed by atoms with van der Waals surface area (Å²) in [6.07, 6.45) is 4.56. The maximum absolute atomic E-state index is 14.0. The van der Waals surface area contributed by atoms with Crippen molar-refractivity contribution in [1.82, 2.24) is 4.90 Å². The van der Waals surface area contributed by atoms with E-state index in [4.69, 9.17) is 16.6 Å². The number of halogens is 2. The van der Waals surface area contributed by atoms with Crippen LogP contribution in [-0.4, -0.2) is 23.8 Å². The van der Waals surface area contributed by atoms with Crippen LogP contribution in [-0.2, 0) is 6.42 Å². The smallest absolute Gasteiger partial charge is 0.144 e. The van der Waals surface area contributed by atoms with Crippen molar-refractivity contribution in [3.63, 3.8) is 0 Å². The standard InChI is InChI=1S/C20H21ClFN3/c1-2-13-6-7-14-17(10-13)23-19-12-16(22)15(21)11-18(19)24-20(14)25-8-4-3-5-9-25/h6-7,10-12,23H,2-5,8-9H2,1H3. The number of anilines is 2. The Kier molecular flexibility index (Phi) is 4.38. The summed E-state index contributed by atoms with van der Waals surface area (Å²) < 4.78 is 14.0. The number of hydrogen-bond donors (Lipinski definition) is 1. The molecule has 3 nitrogen and oxygen atoms in total. The van der Waals surface area contributed by atoms with Crippen LogP contribution < -0.4 is 5.32 Å². The molecule has 25 heavy (non-hydrogen) atoms. The second-order valence-electron chi connectivity index (χ2n) is 6.63. The number of nitrogens with one attached hydrogen (secondary N) is 1. The van der Waals surface area contributed by atoms with Gasteiger partial charge in [0.05, 0.1) is 16.4 Å². The van der Waals surface area contributed by atoms with Crippen LogP contribution in [0.4, 0.5) is 21.5 Å². The van der Waals surface area contributed by atoms with Crippen molar-refractivity contribution >= 4 is 34.5 Å². The molecule has 0 atom stereocenters. The highest BCUT2D eigenvalue weighted by Crippen LogP contribution is 2.38. The zero-order valence-electron chi connectivity index (χ0n) is 14.3. The SMILES string of the molecule is CCc1ccc2c(c1)Nc1cc(F)c(Cl)cc1N=C2N1CCCCC1. The molecule has 1 N–H and O–H groups in total. The fourth-order valence-corrected chi connectivity index (χ4v) is 3.66. The van der Waals surface area contributed by atoms with Crippen LogP contribution in [0.25, 0.3) is 0 Å². The topological polar surface area (TPSA) is 27.6 Å². The zero-order valence-corrected chi connectivity index (χ0v) is 15.0. The second-order valence-corrected chi connectivity index (χ2v) is 7.03. The number of hydrogen-bond acceptors (Lipinski definition) is 3. The fourth-order valence-electron chi connectivity index (χ4n) is 3.50. The lowest BCUT2D eigenvalue weighted by Crippen LogP contribution is -2.36. The van der Waals surface area contributed by atoms with Crippen LogP contribution in [0.15, 0.2) is 35.3 Å². The fraction of sp³-hybridized carbons (Fsp3) is 0.350. The first kappa shape index (κ1) is 16.4. The van der Waals surface area contributed by atoms with Gasteiger partial charge in [0, 0.05) is 30.4 Å². The van der Waals surface area contributed by atoms with E-state index in [0.29, 0.717) is 11.4 Å². The van der Waals surface area contributed by atoms with Crippen LogP contribution >= 0.6 is 11.6 Å². The van der Waals surface area contributed by atoms with Gasteiger partial charge in [-0.05, 0) is 49.4 Å². The molecule has 4 rings (SSSR count). The molecule has 130 valence electrons. The number of aliphatic imine (C=N–C) groups is 1. The van der Waals surface area contributed by atoms with Crippen molar-refractivity contribution in [1.29, 1.82) is 0 Å². The van der Waals surface area contributed by atoms with Crippen molar-refractivity contribution in [3.05, 3.63) is 52.3 Å². The molecule has 0 amide bonds. The van der Waals surface area contributed by atoms with Crippen molar-refractivity contribution in [2.24, 2.45) is 4.99 Å². The molecule has 0 aliphatic carbocycles. The molecule has 2 aromatic carbocycles. The van der Waals surface area contributed by atoms with E-state index >= 15 is 0 Å². The largest absolute Gasteiger partial charge is 0.356 e. The van der Waals surface area contributed by atoms with Gasteiger partial charge in [-0.2, -0.15) is 0 Å². The predicted molar refractivity (Wildman–Crippen MR) is 102 cm³/mol. The van der Waals surface area contributed by atoms with Crippen molar-refractivity contribution in [3.8, 4) is 0 Å². The van der Waals surface area contributed by atoms with E-state index < -0.39 is 5.82 Å². The first-order chi connectivity index (χ1) is 12.2. The number of benzene rings is 2. The van der Waals surface area contributed by atoms with Crippen molar-refractivity contribution < 1.29 is 4.39 Å². The summed E-state index contributed by atoms with van der Waals surface area (Å²) in [5.41, 5.74) is 4.61. The highest BCUT2D eigenvalue weighted by atomic mass is 35.5. The summed E-state index contributed by atoms with van der Waals surface area (Å²) in [4.78, 5) is 7.23. The Morgan fingerprint density at radius 3 is 2.68 bits per heavy atom. The Morgan fingerprint density at radius 2 is 1.92 bits per heavy atom. The zero-order chi connectivity index (χ0) is 17.4. The molecule has 0 radical (unpaired) electrons. The Balaban J connectivity index is 1.89. The van der Waals surface area contributed by atoms with Gasteiger partial charge >= 0.3 is 0 Å². The highest BCUT2D eigenvalue weighted by molar-refractivity contribution is 6.31. The maximum Gasteiger partial charge on any atom is 0.144 e. The Labute approximate surface area is 152 Å². The third kappa shape index (κ3) is 3.11. The molecule has 1 fully saturated rings. The third-order valence-corrected chi connectivity index (χ3v) is 5.21. The van der Waals surface area contributed by atoms with E-state index in [-0.39, 0.29) is 5.02 Å². The minimum absolute atomic E-state index is 0.0995. The molecule has 0 bridgehead atoms. The Bertz CT molecular complexity index is 841. The minimum Gasteiger partial charge on any atom is -0.356 e. The summed E-state index contributed by atoms with van der Waals surface area (Å²) in [5.74, 6) is 0.518. The third-order valence-electron chi connectivity index (χ3n) is 4.92. The average molecular weight is 358 g/mol. The van der Waals surface area contributed by atoms with Gasteiger partial charge in [-0.3, -0.25) is 0 Å². The van der Waals surface area contributed by atoms with Gasteiger partial charge in [0.25, 0.3) is 0 Å². The summed E-state index contributed by atoms with van der Waals surface area (Å²) in [5, 5.41) is 3.47. The molecule has 1 saturated heterocycles. The molecule has 2 aliphatic rings. The monoisotopic (exact) mass is 357 g/mol. The second kappa shape index (κ2) is 6.68. The maximum atomic E-state index is 14.0. The number of likely N-dealkylation sites (tertiary alicyclic amines) is 1. The summed E-state index contributed by atoms with van der Waals surface area (Å²) >= 11 is 6.01. The molecule has 5 heteroatoms. The lowest BCUT2D eigenvalue weighted by molar-refractivity contribution is 0.343. The highest BCUT2D eigenvalue weighted by Gasteiger charge is 2.23. The number of amidine groups is 1. The predicted octanol–water partition coefficient (Wildman–Crippen LogP) is 5.66. The van der Waals surface area contributed by atoms with E-state index in [1.807, 2.05) is 0 Å². The van der Waals surface area contributed by atoms with Gasteiger partial charge in [0.1, 0.15) is 11.7 Å². The van der Waals surface area contributed by atoms with Crippen LogP contribution in [0.3, 0.4) is 0 Å². The molecule has 2 heterocycles. The van der Waals surface area contributed by atoms with Gasteiger partial charge < -0.3 is 10.2 Å². The number of rotatable bonds is 1. The van der Waals surface area contributed by atoms with Crippen LogP contribution in [0.5, 0.6) is 0 Å². The number of fused-ring (bicyclic) bond motifs is 2. The summed E-state index contributed by atoms with van der Waals surface area (Å²) in [6.45, 7) is 4.13. The van der Waals surface area contributed by atoms with E-state index in [0.717, 1.165) is 36.6 Å². The normalized spacial score (nSPS) is 16.4. The van der Waals surface area contributed by atoms with Crippen LogP contribution in [0, 0.1) is 5.82 Å². The van der Waals surface area contributed by atoms with Crippen LogP contribution in [0.2, 0.25) is 5.02 Å². The molecule has 0 saturated carbocycles. The lowest BCUT2D eigenvalue weighted by Gasteiger charge is -2.30. The van der Waals surface area contributed by atoms with E-state index in [9.17, 15) is 4.39 Å². The van der Waals surface area contributed by atoms with E-state index in [1.165, 1.54) is 30.9 Å². The minimum atomic E-state index is -0.433. The van der Waals surface area contributed by atoms with Gasteiger partial charge in [-0.15, -0.1) is 0 Å². The van der Waals surface area contributed by atoms with E-state index in [1.54, 1.807) is 6.07 Å². The molecular formula is C20H21ClFN3. The molecule has 0 unspecified atom stereocenters. The molecule has 0 spiro atoms. The first-order valence-electron chi connectivity index (χ1n) is 8.88. The lowest BCUT2D eigenvalue weighted by atomic mass is 10.0. The molecule has 2 aliphatic heterocycles. The van der Waals surface area contributed by atoms with Crippen LogP contribution in [0.1, 0.15) is 37.3 Å². The Hall–Kier alpha value is -2.07. The van der Waals surface area contributed by atoms with Gasteiger partial charge in [-0.1, -0.05) is 24.6 Å². The van der Waals surface area contributed by atoms with Crippen molar-refractivity contribution in [2.75, 3.05) is 18.4 Å². The number of piperidine rings is 1. The molecule has 0 aromatic heterocycles. The summed E-state index contributed by atoms with van der Waals surface area (Å²) in [6, 6.07) is 9.44. The molecular weight excluding hydrogens is 337 g/mol. The van der Waals surface area contributed by atoms with Gasteiger partial charge in [0.2, 0.25) is 0 Å². The number of nitrogens with zero attached hydrogens (tertiary/aromatic N) is 2. The van der Waals surface area contributed by atoms with Gasteiger partial charge in [-0.25, -0.2) is 9.38 Å². The molecule has 2 aromatic rings. The number of aryl methyl sites for hydroxylation is 1. The quantitative estimate of drug-likeness (QED) is 0.712. The average Bonchev–Trinajstić information content (AvgIpc) is 2.79. The van der Waals surface area contributed by atoms with Crippen molar-refractivity contribution in [2.45, 2.75) is 32.6 Å². The first-order valence-corrected chi connectivity index (χ1v) is 9.26. The van der Waals surface area contributed by atoms with E-state index in [2.05, 4.69) is 35.3 Å².